The topological polar surface area (TPSA) is 192 Å². The zero-order valence-corrected chi connectivity index (χ0v) is 19.7. The second kappa shape index (κ2) is 8.35. The molecule has 3 aliphatic rings. The number of phosphoric acid groups is 1. The van der Waals surface area contributed by atoms with Crippen LogP contribution >= 0.6 is 7.82 Å². The van der Waals surface area contributed by atoms with Gasteiger partial charge in [0.1, 0.15) is 12.4 Å². The number of rotatable bonds is 5. The summed E-state index contributed by atoms with van der Waals surface area (Å²) in [6.45, 7) is 1.42. The molecule has 3 aromatic heterocycles. The molecule has 0 amide bonds. The quantitative estimate of drug-likeness (QED) is 0.364. The maximum atomic E-state index is 13.2. The minimum Gasteiger partial charge on any atom is -0.424 e. The molecule has 0 aliphatic carbocycles. The summed E-state index contributed by atoms with van der Waals surface area (Å²) in [6.07, 6.45) is 0.646. The van der Waals surface area contributed by atoms with E-state index in [0.717, 1.165) is 5.56 Å². The fraction of sp³-hybridized carbons (Fsp3) is 0.450. The molecule has 15 nitrogen and oxygen atoms in total. The number of carbonyl (C=O) groups excluding carboxylic acids is 1. The van der Waals surface area contributed by atoms with Gasteiger partial charge in [-0.15, -0.1) is 0 Å². The summed E-state index contributed by atoms with van der Waals surface area (Å²) in [4.78, 5) is 39.2. The van der Waals surface area contributed by atoms with Gasteiger partial charge in [-0.1, -0.05) is 0 Å². The first-order valence-corrected chi connectivity index (χ1v) is 12.5. The van der Waals surface area contributed by atoms with Crippen molar-refractivity contribution >= 4 is 31.1 Å². The van der Waals surface area contributed by atoms with Crippen LogP contribution in [0.5, 0.6) is 0 Å². The molecular formula is C20H21N6O9P. The number of carbonyl (C=O) groups is 1. The summed E-state index contributed by atoms with van der Waals surface area (Å²) < 4.78 is 48.1. The molecule has 6 rings (SSSR count). The van der Waals surface area contributed by atoms with Crippen molar-refractivity contribution in [3.05, 3.63) is 46.8 Å². The van der Waals surface area contributed by atoms with E-state index in [4.69, 9.17) is 33.5 Å². The molecule has 0 saturated carbocycles. The van der Waals surface area contributed by atoms with Crippen LogP contribution in [0.15, 0.2) is 35.6 Å². The van der Waals surface area contributed by atoms with Crippen LogP contribution in [-0.4, -0.2) is 61.7 Å². The third-order valence-electron chi connectivity index (χ3n) is 6.29. The number of ether oxygens (including phenoxy) is 3. The molecular weight excluding hydrogens is 499 g/mol. The Morgan fingerprint density at radius 3 is 2.94 bits per heavy atom. The van der Waals surface area contributed by atoms with Crippen LogP contribution in [0.25, 0.3) is 11.2 Å². The molecule has 16 heteroatoms. The molecule has 3 aromatic rings. The van der Waals surface area contributed by atoms with E-state index in [1.807, 2.05) is 0 Å². The molecule has 0 bridgehead atoms. The minimum atomic E-state index is -3.97. The molecule has 6 heterocycles. The van der Waals surface area contributed by atoms with Crippen LogP contribution in [0.3, 0.4) is 0 Å². The number of hydrogen-bond donors (Lipinski definition) is 2. The first-order chi connectivity index (χ1) is 17.3. The summed E-state index contributed by atoms with van der Waals surface area (Å²) in [5, 5.41) is 0. The van der Waals surface area contributed by atoms with E-state index in [1.54, 1.807) is 31.5 Å². The van der Waals surface area contributed by atoms with Crippen molar-refractivity contribution < 1.29 is 37.1 Å². The Morgan fingerprint density at radius 2 is 2.14 bits per heavy atom. The molecule has 0 aromatic carbocycles. The molecule has 0 radical (unpaired) electrons. The average molecular weight is 520 g/mol. The van der Waals surface area contributed by atoms with Gasteiger partial charge < -0.3 is 19.9 Å². The van der Waals surface area contributed by atoms with Crippen molar-refractivity contribution in [3.63, 3.8) is 0 Å². The van der Waals surface area contributed by atoms with Crippen LogP contribution in [0, 0.1) is 0 Å². The lowest BCUT2D eigenvalue weighted by Crippen LogP contribution is -2.42. The Labute approximate surface area is 202 Å². The first kappa shape index (κ1) is 23.1. The van der Waals surface area contributed by atoms with Crippen LogP contribution in [-0.2, 0) is 32.3 Å². The van der Waals surface area contributed by atoms with Crippen molar-refractivity contribution in [1.29, 1.82) is 0 Å². The van der Waals surface area contributed by atoms with Gasteiger partial charge in [0.25, 0.3) is 5.56 Å². The van der Waals surface area contributed by atoms with Crippen LogP contribution in [0.4, 0.5) is 10.7 Å². The SMILES string of the molecule is C[C@@]12OC(=O)O[C@@H]1[C@@H](CO[P@@]1(=O)OCC[C@@H](c3ccncc3)O1)O[C@H]2n1cnc2nc(N)[nH]c(=O)c21. The van der Waals surface area contributed by atoms with Gasteiger partial charge in [0.2, 0.25) is 5.95 Å². The maximum Gasteiger partial charge on any atom is 0.509 e. The van der Waals surface area contributed by atoms with Crippen LogP contribution < -0.4 is 11.3 Å². The highest BCUT2D eigenvalue weighted by Crippen LogP contribution is 2.58. The van der Waals surface area contributed by atoms with Gasteiger partial charge in [-0.2, -0.15) is 4.98 Å². The summed E-state index contributed by atoms with van der Waals surface area (Å²) in [5.74, 6) is -0.0988. The number of anilines is 1. The lowest BCUT2D eigenvalue weighted by Gasteiger charge is -2.29. The van der Waals surface area contributed by atoms with Crippen molar-refractivity contribution in [1.82, 2.24) is 24.5 Å². The number of aromatic amines is 1. The van der Waals surface area contributed by atoms with Crippen LogP contribution in [0.1, 0.15) is 31.2 Å². The number of nitrogens with one attached hydrogen (secondary N) is 1. The van der Waals surface area contributed by atoms with Gasteiger partial charge in [-0.25, -0.2) is 14.3 Å². The van der Waals surface area contributed by atoms with Gasteiger partial charge in [0.15, 0.2) is 29.1 Å². The Morgan fingerprint density at radius 1 is 1.33 bits per heavy atom. The second-order valence-corrected chi connectivity index (χ2v) is 10.2. The monoisotopic (exact) mass is 520 g/mol. The van der Waals surface area contributed by atoms with Gasteiger partial charge in [-0.3, -0.25) is 32.9 Å². The van der Waals surface area contributed by atoms with Gasteiger partial charge in [-0.05, 0) is 24.6 Å². The van der Waals surface area contributed by atoms with Crippen LogP contribution in [0.2, 0.25) is 0 Å². The normalized spacial score (nSPS) is 33.9. The Hall–Kier alpha value is -3.36. The molecule has 0 spiro atoms. The number of imidazole rings is 1. The molecule has 36 heavy (non-hydrogen) atoms. The zero-order chi connectivity index (χ0) is 25.1. The molecule has 190 valence electrons. The summed E-state index contributed by atoms with van der Waals surface area (Å²) in [7, 11) is -3.97. The largest absolute Gasteiger partial charge is 0.509 e. The number of phosphoric ester groups is 1. The number of hydrogen-bond acceptors (Lipinski definition) is 13. The average Bonchev–Trinajstić information content (AvgIpc) is 3.47. The number of H-pyrrole nitrogens is 1. The smallest absolute Gasteiger partial charge is 0.424 e. The fourth-order valence-corrected chi connectivity index (χ4v) is 6.05. The van der Waals surface area contributed by atoms with E-state index in [1.165, 1.54) is 10.9 Å². The molecule has 3 fully saturated rings. The highest BCUT2D eigenvalue weighted by atomic mass is 31.2. The molecule has 3 N–H and O–H groups in total. The number of nitrogens with two attached hydrogens (primary N) is 1. The number of nitrogen functional groups attached to an aromatic ring is 1. The Kier molecular flexibility index (Phi) is 5.35. The second-order valence-electron chi connectivity index (χ2n) is 8.62. The van der Waals surface area contributed by atoms with E-state index in [0.29, 0.717) is 6.42 Å². The zero-order valence-electron chi connectivity index (χ0n) is 18.8. The van der Waals surface area contributed by atoms with E-state index in [9.17, 15) is 14.2 Å². The lowest BCUT2D eigenvalue weighted by molar-refractivity contribution is -0.0924. The van der Waals surface area contributed by atoms with Crippen molar-refractivity contribution in [2.75, 3.05) is 18.9 Å². The Bertz CT molecular complexity index is 1430. The molecule has 6 atom stereocenters. The molecule has 0 unspecified atom stereocenters. The molecule has 3 saturated heterocycles. The van der Waals surface area contributed by atoms with E-state index >= 15 is 0 Å². The fourth-order valence-electron chi connectivity index (χ4n) is 4.65. The van der Waals surface area contributed by atoms with Gasteiger partial charge >= 0.3 is 14.0 Å². The van der Waals surface area contributed by atoms with E-state index in [2.05, 4.69) is 19.9 Å². The van der Waals surface area contributed by atoms with Crippen molar-refractivity contribution in [2.45, 2.75) is 43.5 Å². The maximum absolute atomic E-state index is 13.2. The molecule has 3 aliphatic heterocycles. The first-order valence-electron chi connectivity index (χ1n) is 11.0. The van der Waals surface area contributed by atoms with Crippen molar-refractivity contribution in [2.24, 2.45) is 0 Å². The third-order valence-corrected chi connectivity index (χ3v) is 7.77. The lowest BCUT2D eigenvalue weighted by atomic mass is 9.96. The minimum absolute atomic E-state index is 0.0608. The number of aromatic nitrogens is 5. The van der Waals surface area contributed by atoms with Gasteiger partial charge in [0, 0.05) is 18.8 Å². The standard InChI is InChI=1S/C20H21N6O9P/c1-20-14(33-19(28)34-20)12(32-17(20)26-9-23-15-13(26)16(27)25-18(21)24-15)8-31-36(29)30-7-4-11(35-36)10-2-5-22-6-3-10/h2-3,5-6,9,11-12,14,17H,4,7-8H2,1H3,(H3,21,24,25,27)/t11-,12+,14+,17+,20+,36+/m0/s1. The number of fused-ring (bicyclic) bond motifs is 2. The summed E-state index contributed by atoms with van der Waals surface area (Å²) in [6, 6.07) is 3.51. The van der Waals surface area contributed by atoms with E-state index in [-0.39, 0.29) is 30.3 Å². The Balaban J connectivity index is 1.25. The predicted molar refractivity (Wildman–Crippen MR) is 118 cm³/mol. The van der Waals surface area contributed by atoms with Crippen molar-refractivity contribution in [3.8, 4) is 0 Å². The summed E-state index contributed by atoms with van der Waals surface area (Å²) in [5.41, 5.74) is 4.61. The predicted octanol–water partition coefficient (Wildman–Crippen LogP) is 1.59. The number of nitrogens with zero attached hydrogens (tertiary/aromatic N) is 4. The third kappa shape index (κ3) is 3.76. The highest BCUT2D eigenvalue weighted by molar-refractivity contribution is 7.48. The summed E-state index contributed by atoms with van der Waals surface area (Å²) >= 11 is 0. The van der Waals surface area contributed by atoms with E-state index < -0.39 is 49.7 Å². The number of pyridine rings is 1. The highest BCUT2D eigenvalue weighted by Gasteiger charge is 2.64. The van der Waals surface area contributed by atoms with Gasteiger partial charge in [0.05, 0.1) is 19.3 Å².